The molecule has 0 amide bonds. The quantitative estimate of drug-likeness (QED) is 0.906. The molecule has 1 aromatic heterocycles. The summed E-state index contributed by atoms with van der Waals surface area (Å²) in [7, 11) is 2.03. The van der Waals surface area contributed by atoms with Crippen LogP contribution in [0.15, 0.2) is 47.4 Å². The third-order valence-corrected chi connectivity index (χ3v) is 3.47. The summed E-state index contributed by atoms with van der Waals surface area (Å²) in [5.41, 5.74) is 8.77. The average molecular weight is 271 g/mol. The van der Waals surface area contributed by atoms with Crippen LogP contribution >= 0.6 is 0 Å². The van der Waals surface area contributed by atoms with Crippen molar-refractivity contribution < 1.29 is 0 Å². The monoisotopic (exact) mass is 271 g/mol. The second kappa shape index (κ2) is 6.28. The molecule has 0 unspecified atom stereocenters. The van der Waals surface area contributed by atoms with Gasteiger partial charge in [-0.25, -0.2) is 0 Å². The SMILES string of the molecule is CCc1ccc(N(C)CCn2cc(N)ccc2=O)cc1. The smallest absolute Gasteiger partial charge is 0.250 e. The number of nitrogens with two attached hydrogens (primary N) is 1. The van der Waals surface area contributed by atoms with Crippen LogP contribution in [-0.4, -0.2) is 18.2 Å². The Morgan fingerprint density at radius 3 is 2.50 bits per heavy atom. The van der Waals surface area contributed by atoms with Gasteiger partial charge in [0.05, 0.1) is 0 Å². The lowest BCUT2D eigenvalue weighted by Crippen LogP contribution is -2.28. The third-order valence-electron chi connectivity index (χ3n) is 3.47. The van der Waals surface area contributed by atoms with Crippen LogP contribution in [0.5, 0.6) is 0 Å². The van der Waals surface area contributed by atoms with E-state index in [4.69, 9.17) is 5.73 Å². The highest BCUT2D eigenvalue weighted by Crippen LogP contribution is 2.14. The highest BCUT2D eigenvalue weighted by molar-refractivity contribution is 5.46. The van der Waals surface area contributed by atoms with E-state index in [0.717, 1.165) is 18.7 Å². The molecule has 1 aromatic carbocycles. The van der Waals surface area contributed by atoms with Crippen LogP contribution in [0.25, 0.3) is 0 Å². The number of aryl methyl sites for hydroxylation is 1. The first-order valence-electron chi connectivity index (χ1n) is 6.86. The molecular formula is C16H21N3O. The summed E-state index contributed by atoms with van der Waals surface area (Å²) in [6, 6.07) is 11.6. The van der Waals surface area contributed by atoms with E-state index in [1.165, 1.54) is 11.6 Å². The number of aromatic nitrogens is 1. The van der Waals surface area contributed by atoms with Crippen LogP contribution in [0.3, 0.4) is 0 Å². The van der Waals surface area contributed by atoms with Crippen molar-refractivity contribution in [3.05, 3.63) is 58.5 Å². The van der Waals surface area contributed by atoms with Gasteiger partial charge in [0.1, 0.15) is 0 Å². The number of hydrogen-bond donors (Lipinski definition) is 1. The largest absolute Gasteiger partial charge is 0.398 e. The lowest BCUT2D eigenvalue weighted by molar-refractivity contribution is 0.662. The van der Waals surface area contributed by atoms with E-state index in [-0.39, 0.29) is 5.56 Å². The van der Waals surface area contributed by atoms with Gasteiger partial charge < -0.3 is 15.2 Å². The maximum Gasteiger partial charge on any atom is 0.250 e. The minimum absolute atomic E-state index is 0.0195. The van der Waals surface area contributed by atoms with Crippen LogP contribution in [0.1, 0.15) is 12.5 Å². The Morgan fingerprint density at radius 1 is 1.15 bits per heavy atom. The fourth-order valence-corrected chi connectivity index (χ4v) is 2.10. The average Bonchev–Trinajstić information content (AvgIpc) is 2.48. The van der Waals surface area contributed by atoms with E-state index in [1.54, 1.807) is 16.8 Å². The van der Waals surface area contributed by atoms with Gasteiger partial charge in [0, 0.05) is 43.8 Å². The fourth-order valence-electron chi connectivity index (χ4n) is 2.10. The molecule has 0 radical (unpaired) electrons. The number of pyridine rings is 1. The molecule has 0 bridgehead atoms. The van der Waals surface area contributed by atoms with Gasteiger partial charge in [0.2, 0.25) is 0 Å². The number of nitrogen functional groups attached to an aromatic ring is 1. The summed E-state index contributed by atoms with van der Waals surface area (Å²) in [6.07, 6.45) is 2.74. The summed E-state index contributed by atoms with van der Waals surface area (Å²) in [4.78, 5) is 13.8. The van der Waals surface area contributed by atoms with E-state index in [2.05, 4.69) is 36.1 Å². The second-order valence-corrected chi connectivity index (χ2v) is 4.94. The van der Waals surface area contributed by atoms with Crippen molar-refractivity contribution in [2.24, 2.45) is 0 Å². The minimum atomic E-state index is -0.0195. The molecule has 0 saturated heterocycles. The molecule has 0 atom stereocenters. The van der Waals surface area contributed by atoms with E-state index < -0.39 is 0 Å². The molecule has 0 aliphatic heterocycles. The van der Waals surface area contributed by atoms with Crippen LogP contribution in [0, 0.1) is 0 Å². The van der Waals surface area contributed by atoms with Crippen molar-refractivity contribution in [2.75, 3.05) is 24.2 Å². The first-order valence-corrected chi connectivity index (χ1v) is 6.86. The number of likely N-dealkylation sites (N-methyl/N-ethyl adjacent to an activating group) is 1. The Morgan fingerprint density at radius 2 is 1.85 bits per heavy atom. The number of nitrogens with zero attached hydrogens (tertiary/aromatic N) is 2. The van der Waals surface area contributed by atoms with Gasteiger partial charge in [-0.2, -0.15) is 0 Å². The Kier molecular flexibility index (Phi) is 4.45. The second-order valence-electron chi connectivity index (χ2n) is 4.94. The van der Waals surface area contributed by atoms with Crippen LogP contribution in [0.4, 0.5) is 11.4 Å². The van der Waals surface area contributed by atoms with Gasteiger partial charge in [0.15, 0.2) is 0 Å². The van der Waals surface area contributed by atoms with E-state index in [1.807, 2.05) is 7.05 Å². The molecule has 0 spiro atoms. The van der Waals surface area contributed by atoms with E-state index in [9.17, 15) is 4.79 Å². The number of hydrogen-bond acceptors (Lipinski definition) is 3. The molecule has 1 heterocycles. The normalized spacial score (nSPS) is 10.5. The Labute approximate surface area is 119 Å². The lowest BCUT2D eigenvalue weighted by atomic mass is 10.1. The predicted molar refractivity (Wildman–Crippen MR) is 84.2 cm³/mol. The molecular weight excluding hydrogens is 250 g/mol. The minimum Gasteiger partial charge on any atom is -0.398 e. The van der Waals surface area contributed by atoms with Crippen molar-refractivity contribution in [2.45, 2.75) is 19.9 Å². The third kappa shape index (κ3) is 3.41. The van der Waals surface area contributed by atoms with Crippen LogP contribution in [0.2, 0.25) is 0 Å². The van der Waals surface area contributed by atoms with Crippen molar-refractivity contribution in [3.8, 4) is 0 Å². The summed E-state index contributed by atoms with van der Waals surface area (Å²) in [5, 5.41) is 0. The molecule has 2 rings (SSSR count). The molecule has 4 nitrogen and oxygen atoms in total. The molecule has 0 fully saturated rings. The van der Waals surface area contributed by atoms with Gasteiger partial charge in [-0.15, -0.1) is 0 Å². The molecule has 0 aliphatic carbocycles. The Hall–Kier alpha value is -2.23. The standard InChI is InChI=1S/C16H21N3O/c1-3-13-4-7-15(8-5-13)18(2)10-11-19-12-14(17)6-9-16(19)20/h4-9,12H,3,10-11,17H2,1-2H3. The molecule has 0 saturated carbocycles. The van der Waals surface area contributed by atoms with Crippen LogP contribution in [-0.2, 0) is 13.0 Å². The Bertz CT molecular complexity index is 616. The van der Waals surface area contributed by atoms with Crippen molar-refractivity contribution in [1.29, 1.82) is 0 Å². The zero-order valence-electron chi connectivity index (χ0n) is 12.0. The predicted octanol–water partition coefficient (Wildman–Crippen LogP) is 2.13. The first-order chi connectivity index (χ1) is 9.60. The number of benzene rings is 1. The molecule has 106 valence electrons. The summed E-state index contributed by atoms with van der Waals surface area (Å²) >= 11 is 0. The summed E-state index contributed by atoms with van der Waals surface area (Å²) in [5.74, 6) is 0. The topological polar surface area (TPSA) is 51.3 Å². The first kappa shape index (κ1) is 14.2. The molecule has 4 heteroatoms. The van der Waals surface area contributed by atoms with Gasteiger partial charge in [-0.3, -0.25) is 4.79 Å². The van der Waals surface area contributed by atoms with E-state index >= 15 is 0 Å². The molecule has 20 heavy (non-hydrogen) atoms. The van der Waals surface area contributed by atoms with Gasteiger partial charge in [-0.1, -0.05) is 19.1 Å². The fraction of sp³-hybridized carbons (Fsp3) is 0.312. The maximum atomic E-state index is 11.7. The number of anilines is 2. The molecule has 2 aromatic rings. The van der Waals surface area contributed by atoms with Gasteiger partial charge in [0.25, 0.3) is 5.56 Å². The summed E-state index contributed by atoms with van der Waals surface area (Å²) < 4.78 is 1.65. The van der Waals surface area contributed by atoms with Crippen molar-refractivity contribution in [3.63, 3.8) is 0 Å². The van der Waals surface area contributed by atoms with Gasteiger partial charge >= 0.3 is 0 Å². The highest BCUT2D eigenvalue weighted by Gasteiger charge is 2.02. The molecule has 0 aliphatic rings. The van der Waals surface area contributed by atoms with Gasteiger partial charge in [-0.05, 0) is 30.2 Å². The highest BCUT2D eigenvalue weighted by atomic mass is 16.1. The lowest BCUT2D eigenvalue weighted by Gasteiger charge is -2.20. The molecule has 2 N–H and O–H groups in total. The van der Waals surface area contributed by atoms with Crippen molar-refractivity contribution in [1.82, 2.24) is 4.57 Å². The Balaban J connectivity index is 2.02. The maximum absolute atomic E-state index is 11.7. The zero-order chi connectivity index (χ0) is 14.5. The van der Waals surface area contributed by atoms with Crippen molar-refractivity contribution >= 4 is 11.4 Å². The zero-order valence-corrected chi connectivity index (χ0v) is 12.0. The summed E-state index contributed by atoms with van der Waals surface area (Å²) in [6.45, 7) is 3.52. The number of rotatable bonds is 5. The van der Waals surface area contributed by atoms with Crippen LogP contribution < -0.4 is 16.2 Å². The van der Waals surface area contributed by atoms with E-state index in [0.29, 0.717) is 12.2 Å².